The van der Waals surface area contributed by atoms with E-state index in [1.54, 1.807) is 29.9 Å². The van der Waals surface area contributed by atoms with Gasteiger partial charge in [-0.25, -0.2) is 9.37 Å². The van der Waals surface area contributed by atoms with Gasteiger partial charge in [-0.15, -0.1) is 5.10 Å². The molecule has 2 aliphatic heterocycles. The van der Waals surface area contributed by atoms with E-state index in [4.69, 9.17) is 0 Å². The van der Waals surface area contributed by atoms with E-state index in [9.17, 15) is 4.39 Å². The fourth-order valence-corrected chi connectivity index (χ4v) is 5.06. The summed E-state index contributed by atoms with van der Waals surface area (Å²) in [7, 11) is 0. The highest BCUT2D eigenvalue weighted by molar-refractivity contribution is 5.60. The maximum Gasteiger partial charge on any atom is 0.229 e. The Morgan fingerprint density at radius 1 is 1.12 bits per heavy atom. The second kappa shape index (κ2) is 9.38. The molecule has 10 heteroatoms. The molecule has 3 aromatic rings. The lowest BCUT2D eigenvalue weighted by atomic mass is 9.83. The van der Waals surface area contributed by atoms with Crippen LogP contribution in [0.5, 0.6) is 0 Å². The van der Waals surface area contributed by atoms with Gasteiger partial charge in [0.2, 0.25) is 5.95 Å². The number of halogens is 1. The summed E-state index contributed by atoms with van der Waals surface area (Å²) in [6.45, 7) is 7.13. The van der Waals surface area contributed by atoms with E-state index in [0.29, 0.717) is 29.4 Å². The lowest BCUT2D eigenvalue weighted by Gasteiger charge is -2.44. The molecule has 2 unspecified atom stereocenters. The smallest absolute Gasteiger partial charge is 0.229 e. The summed E-state index contributed by atoms with van der Waals surface area (Å²) >= 11 is 0. The number of piperidine rings is 2. The highest BCUT2D eigenvalue weighted by Crippen LogP contribution is 2.31. The van der Waals surface area contributed by atoms with Gasteiger partial charge in [-0.1, -0.05) is 6.42 Å². The maximum atomic E-state index is 14.5. The van der Waals surface area contributed by atoms with Gasteiger partial charge in [0.15, 0.2) is 5.82 Å². The predicted molar refractivity (Wildman–Crippen MR) is 124 cm³/mol. The van der Waals surface area contributed by atoms with Gasteiger partial charge in [0, 0.05) is 24.3 Å². The third-order valence-corrected chi connectivity index (χ3v) is 6.80. The summed E-state index contributed by atoms with van der Waals surface area (Å²) < 4.78 is 16.1. The topological polar surface area (TPSA) is 96.7 Å². The number of rotatable bonds is 6. The lowest BCUT2D eigenvalue weighted by molar-refractivity contribution is 0.0649. The minimum atomic E-state index is -0.400. The van der Waals surface area contributed by atoms with E-state index < -0.39 is 5.82 Å². The molecule has 9 nitrogen and oxygen atoms in total. The molecule has 0 spiro atoms. The number of hydrogen-bond acceptors (Lipinski definition) is 8. The number of hydrogen-bond donors (Lipinski definition) is 2. The molecule has 0 saturated carbocycles. The largest absolute Gasteiger partial charge is 0.369 e. The van der Waals surface area contributed by atoms with Crippen LogP contribution < -0.4 is 10.6 Å². The Morgan fingerprint density at radius 2 is 2.00 bits per heavy atom. The predicted octanol–water partition coefficient (Wildman–Crippen LogP) is 3.63. The summed E-state index contributed by atoms with van der Waals surface area (Å²) in [4.78, 5) is 11.7. The van der Waals surface area contributed by atoms with Crippen LogP contribution in [0.3, 0.4) is 0 Å². The van der Waals surface area contributed by atoms with E-state index in [2.05, 4.69) is 41.0 Å². The van der Waals surface area contributed by atoms with Crippen LogP contribution in [0.4, 0.5) is 21.8 Å². The molecule has 2 fully saturated rings. The minimum absolute atomic E-state index is 0.266. The van der Waals surface area contributed by atoms with E-state index in [1.807, 2.05) is 6.92 Å². The Kier molecular flexibility index (Phi) is 6.17. The zero-order valence-corrected chi connectivity index (χ0v) is 19.1. The first-order valence-electron chi connectivity index (χ1n) is 11.7. The third kappa shape index (κ3) is 4.66. The van der Waals surface area contributed by atoms with Crippen molar-refractivity contribution in [2.45, 2.75) is 52.0 Å². The standard InChI is InChI=1S/C23H30FN9/c1-15-13-26-23(27-20-12-18(8-9-19(20)24)33-16(2)29-30-31-33)28-22(15)25-14-17-6-5-11-32-10-4-3-7-21(17)32/h8-9,12-13,17,21H,3-7,10-11,14H2,1-2H3,(H2,25,26,27,28). The highest BCUT2D eigenvalue weighted by atomic mass is 19.1. The fraction of sp³-hybridized carbons (Fsp3) is 0.522. The van der Waals surface area contributed by atoms with Gasteiger partial charge >= 0.3 is 0 Å². The van der Waals surface area contributed by atoms with Crippen LogP contribution in [0.15, 0.2) is 24.4 Å². The SMILES string of the molecule is Cc1cnc(Nc2cc(-n3nnnc3C)ccc2F)nc1NCC1CCCN2CCCCC12. The Balaban J connectivity index is 1.30. The Hall–Kier alpha value is -3.14. The Labute approximate surface area is 192 Å². The molecule has 2 N–H and O–H groups in total. The van der Waals surface area contributed by atoms with E-state index >= 15 is 0 Å². The number of benzene rings is 1. The number of anilines is 3. The van der Waals surface area contributed by atoms with Crippen molar-refractivity contribution >= 4 is 17.5 Å². The third-order valence-electron chi connectivity index (χ3n) is 6.80. The van der Waals surface area contributed by atoms with Crippen molar-refractivity contribution in [2.75, 3.05) is 30.3 Å². The van der Waals surface area contributed by atoms with Crippen molar-refractivity contribution in [3.05, 3.63) is 41.6 Å². The van der Waals surface area contributed by atoms with E-state index in [0.717, 1.165) is 17.9 Å². The van der Waals surface area contributed by atoms with Crippen LogP contribution in [0.1, 0.15) is 43.5 Å². The van der Waals surface area contributed by atoms with Crippen LogP contribution >= 0.6 is 0 Å². The number of fused-ring (bicyclic) bond motifs is 1. The number of tetrazole rings is 1. The average Bonchev–Trinajstić information content (AvgIpc) is 3.26. The number of nitrogens with one attached hydrogen (secondary N) is 2. The van der Waals surface area contributed by atoms with Crippen LogP contribution in [0, 0.1) is 25.6 Å². The normalized spacial score (nSPS) is 20.9. The van der Waals surface area contributed by atoms with Crippen molar-refractivity contribution < 1.29 is 4.39 Å². The molecule has 0 amide bonds. The second-order valence-electron chi connectivity index (χ2n) is 9.03. The molecule has 4 heterocycles. The molecule has 1 aromatic carbocycles. The first-order chi connectivity index (χ1) is 16.1. The minimum Gasteiger partial charge on any atom is -0.369 e. The summed E-state index contributed by atoms with van der Waals surface area (Å²) in [6, 6.07) is 5.33. The summed E-state index contributed by atoms with van der Waals surface area (Å²) in [5.74, 6) is 1.97. The molecule has 0 aliphatic carbocycles. The molecule has 5 rings (SSSR count). The molecule has 0 radical (unpaired) electrons. The molecule has 174 valence electrons. The quantitative estimate of drug-likeness (QED) is 0.587. The first kappa shape index (κ1) is 21.7. The summed E-state index contributed by atoms with van der Waals surface area (Å²) in [6.07, 6.45) is 8.21. The number of aryl methyl sites for hydroxylation is 2. The first-order valence-corrected chi connectivity index (χ1v) is 11.7. The average molecular weight is 452 g/mol. The van der Waals surface area contributed by atoms with Crippen LogP contribution in [0.25, 0.3) is 5.69 Å². The number of nitrogens with zero attached hydrogens (tertiary/aromatic N) is 7. The van der Waals surface area contributed by atoms with Gasteiger partial charge in [-0.2, -0.15) is 9.67 Å². The van der Waals surface area contributed by atoms with Gasteiger partial charge in [-0.3, -0.25) is 0 Å². The van der Waals surface area contributed by atoms with Crippen LogP contribution in [-0.4, -0.2) is 60.8 Å². The van der Waals surface area contributed by atoms with Crippen molar-refractivity contribution in [2.24, 2.45) is 5.92 Å². The molecule has 2 saturated heterocycles. The summed E-state index contributed by atoms with van der Waals surface area (Å²) in [5.41, 5.74) is 1.89. The van der Waals surface area contributed by atoms with Gasteiger partial charge in [0.05, 0.1) is 11.4 Å². The van der Waals surface area contributed by atoms with Crippen molar-refractivity contribution in [3.8, 4) is 5.69 Å². The zero-order chi connectivity index (χ0) is 22.8. The van der Waals surface area contributed by atoms with Crippen molar-refractivity contribution in [1.29, 1.82) is 0 Å². The fourth-order valence-electron chi connectivity index (χ4n) is 5.06. The van der Waals surface area contributed by atoms with Gasteiger partial charge in [-0.05, 0) is 87.2 Å². The van der Waals surface area contributed by atoms with Crippen LogP contribution in [0.2, 0.25) is 0 Å². The Bertz CT molecular complexity index is 1110. The van der Waals surface area contributed by atoms with Gasteiger partial charge in [0.1, 0.15) is 11.6 Å². The Morgan fingerprint density at radius 3 is 2.85 bits per heavy atom. The molecular weight excluding hydrogens is 421 g/mol. The molecule has 0 bridgehead atoms. The molecule has 2 aromatic heterocycles. The lowest BCUT2D eigenvalue weighted by Crippen LogP contribution is -2.49. The van der Waals surface area contributed by atoms with Crippen LogP contribution in [-0.2, 0) is 0 Å². The van der Waals surface area contributed by atoms with Crippen molar-refractivity contribution in [3.63, 3.8) is 0 Å². The zero-order valence-electron chi connectivity index (χ0n) is 19.1. The second-order valence-corrected chi connectivity index (χ2v) is 9.03. The monoisotopic (exact) mass is 451 g/mol. The van der Waals surface area contributed by atoms with Crippen molar-refractivity contribution in [1.82, 2.24) is 35.1 Å². The number of aromatic nitrogens is 6. The highest BCUT2D eigenvalue weighted by Gasteiger charge is 2.32. The van der Waals surface area contributed by atoms with E-state index in [-0.39, 0.29) is 5.69 Å². The molecule has 33 heavy (non-hydrogen) atoms. The molecular formula is C23H30FN9. The molecule has 2 aliphatic rings. The maximum absolute atomic E-state index is 14.5. The van der Waals surface area contributed by atoms with Gasteiger partial charge < -0.3 is 15.5 Å². The molecule has 2 atom stereocenters. The summed E-state index contributed by atoms with van der Waals surface area (Å²) in [5, 5.41) is 18.1. The van der Waals surface area contributed by atoms with Gasteiger partial charge in [0.25, 0.3) is 0 Å². The van der Waals surface area contributed by atoms with E-state index in [1.165, 1.54) is 51.3 Å².